The molecule has 0 radical (unpaired) electrons. The van der Waals surface area contributed by atoms with Crippen molar-refractivity contribution in [1.82, 2.24) is 4.90 Å². The summed E-state index contributed by atoms with van der Waals surface area (Å²) in [5.74, 6) is -1.12. The van der Waals surface area contributed by atoms with Crippen LogP contribution in [0.2, 0.25) is 0 Å². The highest BCUT2D eigenvalue weighted by molar-refractivity contribution is 5.81. The summed E-state index contributed by atoms with van der Waals surface area (Å²) >= 11 is 0. The maximum Gasteiger partial charge on any atom is 0.411 e. The Bertz CT molecular complexity index is 314. The van der Waals surface area contributed by atoms with Gasteiger partial charge in [-0.2, -0.15) is 0 Å². The van der Waals surface area contributed by atoms with E-state index in [1.54, 1.807) is 20.8 Å². The molecule has 0 aromatic rings. The molecule has 1 fully saturated rings. The summed E-state index contributed by atoms with van der Waals surface area (Å²) in [6.07, 6.45) is -1.16. The molecule has 1 heterocycles. The molecule has 16 heavy (non-hydrogen) atoms. The maximum absolute atomic E-state index is 11.8. The van der Waals surface area contributed by atoms with Crippen LogP contribution >= 0.6 is 0 Å². The van der Waals surface area contributed by atoms with E-state index in [2.05, 4.69) is 5.11 Å². The number of aliphatic hydroxyl groups is 1. The van der Waals surface area contributed by atoms with E-state index in [1.807, 2.05) is 0 Å². The summed E-state index contributed by atoms with van der Waals surface area (Å²) in [6, 6.07) is -0.986. The second kappa shape index (κ2) is 4.29. The Morgan fingerprint density at radius 3 is 2.56 bits per heavy atom. The molecule has 0 aromatic heterocycles. The Morgan fingerprint density at radius 2 is 2.12 bits per heavy atom. The molecule has 2 N–H and O–H groups in total. The molecule has 0 unspecified atom stereocenters. The topological polar surface area (TPSA) is 87.1 Å². The average Bonchev–Trinajstić information content (AvgIpc) is 2.58. The van der Waals surface area contributed by atoms with E-state index < -0.39 is 29.8 Å². The zero-order valence-corrected chi connectivity index (χ0v) is 9.60. The van der Waals surface area contributed by atoms with E-state index in [0.29, 0.717) is 0 Å². The van der Waals surface area contributed by atoms with E-state index in [0.717, 1.165) is 4.90 Å². The quantitative estimate of drug-likeness (QED) is 0.721. The fourth-order valence-electron chi connectivity index (χ4n) is 1.55. The van der Waals surface area contributed by atoms with Gasteiger partial charge in [0.25, 0.3) is 0 Å². The standard InChI is InChI=1S/C10H17NO5/c1-10(2,3)16-9(15)11-5-6(12)4-7(11)8(13)14/h6-7,12H,4-5H2,1-3H3,(H,13,14)/t6-,7+/m1/s1/i12D. The van der Waals surface area contributed by atoms with E-state index in [4.69, 9.17) is 11.3 Å². The van der Waals surface area contributed by atoms with Gasteiger partial charge >= 0.3 is 12.1 Å². The van der Waals surface area contributed by atoms with Gasteiger partial charge in [-0.05, 0) is 20.8 Å². The van der Waals surface area contributed by atoms with Crippen LogP contribution < -0.4 is 0 Å². The van der Waals surface area contributed by atoms with Crippen LogP contribution in [0.15, 0.2) is 0 Å². The minimum atomic E-state index is -1.12. The number of aliphatic hydroxyl groups excluding tert-OH is 1. The minimum Gasteiger partial charge on any atom is -0.480 e. The van der Waals surface area contributed by atoms with Crippen LogP contribution in [0.25, 0.3) is 0 Å². The monoisotopic (exact) mass is 232 g/mol. The Morgan fingerprint density at radius 1 is 1.50 bits per heavy atom. The van der Waals surface area contributed by atoms with Gasteiger partial charge in [0.2, 0.25) is 1.43 Å². The lowest BCUT2D eigenvalue weighted by atomic mass is 10.2. The number of rotatable bonds is 2. The Kier molecular flexibility index (Phi) is 3.00. The molecule has 0 aromatic carbocycles. The van der Waals surface area contributed by atoms with Crippen LogP contribution in [0, 0.1) is 0 Å². The third kappa shape index (κ3) is 3.10. The molecule has 0 saturated carbocycles. The van der Waals surface area contributed by atoms with E-state index >= 15 is 0 Å². The first-order valence-electron chi connectivity index (χ1n) is 5.50. The summed E-state index contributed by atoms with van der Waals surface area (Å²) in [6.45, 7) is 5.18. The van der Waals surface area contributed by atoms with Gasteiger partial charge in [0.15, 0.2) is 0 Å². The van der Waals surface area contributed by atoms with Crippen molar-refractivity contribution in [2.45, 2.75) is 44.9 Å². The lowest BCUT2D eigenvalue weighted by Crippen LogP contribution is -2.43. The van der Waals surface area contributed by atoms with Crippen molar-refractivity contribution in [3.8, 4) is 0 Å². The lowest BCUT2D eigenvalue weighted by molar-refractivity contribution is -0.142. The number of ether oxygens (including phenoxy) is 1. The van der Waals surface area contributed by atoms with Crippen LogP contribution in [-0.2, 0) is 9.53 Å². The Labute approximate surface area is 95.3 Å². The van der Waals surface area contributed by atoms with Gasteiger partial charge in [-0.15, -0.1) is 0 Å². The predicted octanol–water partition coefficient (Wildman–Crippen LogP) is 0.441. The second-order valence-electron chi connectivity index (χ2n) is 4.84. The number of nitrogens with zero attached hydrogens (tertiary/aromatic N) is 1. The van der Waals surface area contributed by atoms with Crippen molar-refractivity contribution in [2.24, 2.45) is 0 Å². The molecule has 1 saturated heterocycles. The largest absolute Gasteiger partial charge is 0.480 e. The van der Waals surface area contributed by atoms with Crippen LogP contribution in [0.1, 0.15) is 27.2 Å². The van der Waals surface area contributed by atoms with Gasteiger partial charge in [0, 0.05) is 6.42 Å². The maximum atomic E-state index is 11.8. The lowest BCUT2D eigenvalue weighted by Gasteiger charge is -2.26. The van der Waals surface area contributed by atoms with Crippen molar-refractivity contribution in [1.29, 1.82) is 1.43 Å². The molecule has 1 aliphatic heterocycles. The number of hydrogen-bond donors (Lipinski definition) is 2. The average molecular weight is 232 g/mol. The highest BCUT2D eigenvalue weighted by Crippen LogP contribution is 2.21. The predicted molar refractivity (Wildman–Crippen MR) is 55.0 cm³/mol. The Hall–Kier alpha value is -1.30. The molecule has 0 spiro atoms. The first kappa shape index (κ1) is 11.2. The molecule has 0 bridgehead atoms. The summed E-state index contributed by atoms with van der Waals surface area (Å²) in [5.41, 5.74) is -0.681. The van der Waals surface area contributed by atoms with Crippen molar-refractivity contribution in [3.63, 3.8) is 0 Å². The van der Waals surface area contributed by atoms with Gasteiger partial charge in [0.1, 0.15) is 11.6 Å². The third-order valence-corrected chi connectivity index (χ3v) is 2.18. The zero-order chi connectivity index (χ0) is 13.2. The number of likely N-dealkylation sites (tertiary alicyclic amines) is 1. The van der Waals surface area contributed by atoms with Crippen molar-refractivity contribution in [3.05, 3.63) is 0 Å². The molecule has 6 nitrogen and oxygen atoms in total. The highest BCUT2D eigenvalue weighted by atomic mass is 16.6. The first-order valence-corrected chi connectivity index (χ1v) is 5.09. The van der Waals surface area contributed by atoms with Crippen molar-refractivity contribution < 1.29 is 24.5 Å². The van der Waals surface area contributed by atoms with Crippen molar-refractivity contribution >= 4 is 12.1 Å². The molecule has 0 aliphatic carbocycles. The first-order chi connectivity index (χ1) is 7.74. The highest BCUT2D eigenvalue weighted by Gasteiger charge is 2.40. The van der Waals surface area contributed by atoms with E-state index in [-0.39, 0.29) is 13.0 Å². The van der Waals surface area contributed by atoms with E-state index in [1.165, 1.54) is 0 Å². The van der Waals surface area contributed by atoms with Gasteiger partial charge < -0.3 is 15.0 Å². The molecule has 1 amide bonds. The third-order valence-electron chi connectivity index (χ3n) is 2.18. The van der Waals surface area contributed by atoms with Gasteiger partial charge in [0.05, 0.1) is 12.6 Å². The number of amides is 1. The number of β-amino-alcohol motifs (C(OH)–C–C–N with tert-alkyl or cyclic N) is 1. The molecule has 92 valence electrons. The van der Waals surface area contributed by atoms with Crippen molar-refractivity contribution in [2.75, 3.05) is 6.54 Å². The molecule has 1 aliphatic rings. The SMILES string of the molecule is [2H]O[C@@H]1C[C@@H](C(=O)O)N(C(=O)OC(C)(C)C)C1. The minimum absolute atomic E-state index is 0.0649. The summed E-state index contributed by atoms with van der Waals surface area (Å²) in [4.78, 5) is 23.8. The Balaban J connectivity index is 2.73. The van der Waals surface area contributed by atoms with Crippen LogP contribution in [-0.4, -0.2) is 52.9 Å². The normalized spacial score (nSPS) is 26.4. The molecular weight excluding hydrogens is 214 g/mol. The molecule has 1 rings (SSSR count). The number of carboxylic acid groups (broad SMARTS) is 1. The number of carbonyl (C=O) groups excluding carboxylic acids is 1. The smallest absolute Gasteiger partial charge is 0.411 e. The second-order valence-corrected chi connectivity index (χ2v) is 4.84. The number of aliphatic carboxylic acids is 1. The number of carboxylic acids is 1. The van der Waals surface area contributed by atoms with Gasteiger partial charge in [-0.25, -0.2) is 9.59 Å². The fraction of sp³-hybridized carbons (Fsp3) is 0.800. The summed E-state index contributed by atoms with van der Waals surface area (Å²) < 4.78 is 11.9. The molecule has 6 heteroatoms. The number of carbonyl (C=O) groups is 2. The van der Waals surface area contributed by atoms with Crippen LogP contribution in [0.4, 0.5) is 4.79 Å². The molecule has 2 atom stereocenters. The summed E-state index contributed by atoms with van der Waals surface area (Å²) in [7, 11) is 0. The fourth-order valence-corrected chi connectivity index (χ4v) is 1.55. The zero-order valence-electron chi connectivity index (χ0n) is 10.6. The summed E-state index contributed by atoms with van der Waals surface area (Å²) in [5, 5.41) is 13.3. The number of hydrogen-bond acceptors (Lipinski definition) is 4. The van der Waals surface area contributed by atoms with Crippen LogP contribution in [0.3, 0.4) is 0 Å². The van der Waals surface area contributed by atoms with E-state index in [9.17, 15) is 9.59 Å². The molecular formula is C10H17NO5. The van der Waals surface area contributed by atoms with Gasteiger partial charge in [-0.1, -0.05) is 0 Å². The van der Waals surface area contributed by atoms with Crippen LogP contribution in [0.5, 0.6) is 0 Å². The van der Waals surface area contributed by atoms with Gasteiger partial charge in [-0.3, -0.25) is 4.90 Å².